The summed E-state index contributed by atoms with van der Waals surface area (Å²) < 4.78 is 66.7. The Balaban J connectivity index is 1.40. The van der Waals surface area contributed by atoms with Gasteiger partial charge in [-0.25, -0.2) is 8.42 Å². The van der Waals surface area contributed by atoms with Crippen LogP contribution in [0.4, 0.5) is 18.9 Å². The Hall–Kier alpha value is -3.13. The van der Waals surface area contributed by atoms with Crippen LogP contribution in [-0.2, 0) is 30.6 Å². The second-order valence-corrected chi connectivity index (χ2v) is 14.6. The number of aliphatic hydroxyl groups is 1. The highest BCUT2D eigenvalue weighted by molar-refractivity contribution is 7.91. The Morgan fingerprint density at radius 3 is 2.60 bits per heavy atom. The maximum atomic E-state index is 13.8. The number of hydrogen-bond donors (Lipinski definition) is 4. The van der Waals surface area contributed by atoms with Crippen molar-refractivity contribution in [3.05, 3.63) is 42.0 Å². The van der Waals surface area contributed by atoms with E-state index in [1.54, 1.807) is 13.0 Å². The van der Waals surface area contributed by atoms with Gasteiger partial charge in [-0.15, -0.1) is 0 Å². The van der Waals surface area contributed by atoms with Gasteiger partial charge in [0.1, 0.15) is 17.6 Å². The molecule has 2 heterocycles. The summed E-state index contributed by atoms with van der Waals surface area (Å²) >= 11 is 0. The Bertz CT molecular complexity index is 1410. The van der Waals surface area contributed by atoms with Crippen LogP contribution in [0.1, 0.15) is 70.3 Å². The molecular formula is C29H37F3N4O6S. The average Bonchev–Trinajstić information content (AvgIpc) is 3.81. The molecule has 3 fully saturated rings. The fourth-order valence-electron chi connectivity index (χ4n) is 5.86. The fraction of sp³-hybridized carbons (Fsp3) is 0.621. The second kappa shape index (κ2) is 11.4. The van der Waals surface area contributed by atoms with Gasteiger partial charge >= 0.3 is 6.18 Å². The minimum atomic E-state index is -4.57. The van der Waals surface area contributed by atoms with Gasteiger partial charge in [-0.2, -0.15) is 13.2 Å². The van der Waals surface area contributed by atoms with E-state index in [-0.39, 0.29) is 31.5 Å². The summed E-state index contributed by atoms with van der Waals surface area (Å²) in [6, 6.07) is 2.39. The summed E-state index contributed by atoms with van der Waals surface area (Å²) in [5.41, 5.74) is -2.30. The first-order valence-corrected chi connectivity index (χ1v) is 16.1. The normalized spacial score (nSPS) is 31.9. The SMILES string of the molecule is CC1(S(=O)(=O)NC(=O)[C@@]23C[C@H]2/C=C\CCCCC[C@H](Nc2cccc(C(F)(F)F)c2)C(=O)N2C[C@H](O)C[C@H]2C(=O)N3)CC1. The van der Waals surface area contributed by atoms with Crippen LogP contribution >= 0.6 is 0 Å². The number of carbonyl (C=O) groups excluding carboxylic acids is 3. The molecule has 4 aliphatic rings. The molecule has 2 aliphatic carbocycles. The van der Waals surface area contributed by atoms with E-state index in [0.717, 1.165) is 25.0 Å². The Kier molecular flexibility index (Phi) is 8.31. The van der Waals surface area contributed by atoms with Gasteiger partial charge in [0.15, 0.2) is 0 Å². The number of alkyl halides is 3. The van der Waals surface area contributed by atoms with Gasteiger partial charge in [-0.05, 0) is 63.6 Å². The third-order valence-corrected chi connectivity index (χ3v) is 11.2. The number of allylic oxidation sites excluding steroid dienone is 1. The van der Waals surface area contributed by atoms with Crippen molar-refractivity contribution < 1.29 is 41.1 Å². The van der Waals surface area contributed by atoms with Crippen LogP contribution in [0.2, 0.25) is 0 Å². The second-order valence-electron chi connectivity index (χ2n) is 12.4. The van der Waals surface area contributed by atoms with Crippen LogP contribution in [0.5, 0.6) is 0 Å². The number of fused-ring (bicyclic) bond motifs is 2. The molecule has 4 N–H and O–H groups in total. The zero-order chi connectivity index (χ0) is 31.2. The van der Waals surface area contributed by atoms with Crippen molar-refractivity contribution in [1.29, 1.82) is 0 Å². The molecular weight excluding hydrogens is 589 g/mol. The summed E-state index contributed by atoms with van der Waals surface area (Å²) in [7, 11) is -3.97. The fourth-order valence-corrected chi connectivity index (χ4v) is 7.18. The summed E-state index contributed by atoms with van der Waals surface area (Å²) in [5.74, 6) is -2.56. The predicted octanol–water partition coefficient (Wildman–Crippen LogP) is 2.84. The van der Waals surface area contributed by atoms with Gasteiger partial charge in [0.25, 0.3) is 5.91 Å². The molecule has 0 unspecified atom stereocenters. The molecule has 0 spiro atoms. The molecule has 5 rings (SSSR count). The van der Waals surface area contributed by atoms with Gasteiger partial charge in [-0.3, -0.25) is 19.1 Å². The smallest absolute Gasteiger partial charge is 0.391 e. The molecule has 5 atom stereocenters. The van der Waals surface area contributed by atoms with E-state index in [1.165, 1.54) is 17.0 Å². The number of carbonyl (C=O) groups is 3. The first kappa shape index (κ1) is 31.3. The number of sulfonamides is 1. The van der Waals surface area contributed by atoms with Crippen LogP contribution < -0.4 is 15.4 Å². The molecule has 10 nitrogen and oxygen atoms in total. The summed E-state index contributed by atoms with van der Waals surface area (Å²) in [5, 5.41) is 16.1. The van der Waals surface area contributed by atoms with E-state index in [1.807, 2.05) is 6.08 Å². The quantitative estimate of drug-likeness (QED) is 0.368. The third-order valence-electron chi connectivity index (χ3n) is 9.02. The maximum Gasteiger partial charge on any atom is 0.416 e. The van der Waals surface area contributed by atoms with E-state index >= 15 is 0 Å². The van der Waals surface area contributed by atoms with Gasteiger partial charge in [0.05, 0.1) is 16.4 Å². The van der Waals surface area contributed by atoms with Crippen molar-refractivity contribution in [2.75, 3.05) is 11.9 Å². The average molecular weight is 627 g/mol. The number of hydrogen-bond acceptors (Lipinski definition) is 7. The summed E-state index contributed by atoms with van der Waals surface area (Å²) in [4.78, 5) is 42.1. The largest absolute Gasteiger partial charge is 0.416 e. The standard InChI is InChI=1S/C29H37F3N4O6S/c1-27(12-13-27)43(41,42)35-26(40)28-16-19(28)8-5-3-2-4-6-11-22(33-20-10-7-9-18(14-20)29(30,31)32)25(39)36-17-21(37)15-23(36)24(38)34-28/h5,7-10,14,19,21-23,33,37H,2-4,6,11-13,15-17H2,1H3,(H,34,38)(H,35,40)/b8-5-/t19-,21-,22+,23+,28-/m1/s1. The lowest BCUT2D eigenvalue weighted by Gasteiger charge is -2.30. The highest BCUT2D eigenvalue weighted by Crippen LogP contribution is 2.47. The van der Waals surface area contributed by atoms with E-state index in [9.17, 15) is 41.1 Å². The van der Waals surface area contributed by atoms with E-state index in [2.05, 4.69) is 15.4 Å². The van der Waals surface area contributed by atoms with Crippen molar-refractivity contribution in [3.8, 4) is 0 Å². The van der Waals surface area contributed by atoms with E-state index in [4.69, 9.17) is 0 Å². The van der Waals surface area contributed by atoms with Crippen molar-refractivity contribution in [1.82, 2.24) is 14.9 Å². The lowest BCUT2D eigenvalue weighted by atomic mass is 10.0. The monoisotopic (exact) mass is 626 g/mol. The molecule has 0 aromatic heterocycles. The highest BCUT2D eigenvalue weighted by atomic mass is 32.2. The van der Waals surface area contributed by atoms with Gasteiger partial charge in [0, 0.05) is 24.6 Å². The van der Waals surface area contributed by atoms with Gasteiger partial charge in [-0.1, -0.05) is 31.1 Å². The maximum absolute atomic E-state index is 13.8. The van der Waals surface area contributed by atoms with E-state index < -0.39 is 73.9 Å². The van der Waals surface area contributed by atoms with Crippen LogP contribution in [0.25, 0.3) is 0 Å². The number of nitrogens with zero attached hydrogens (tertiary/aromatic N) is 1. The lowest BCUT2D eigenvalue weighted by Crippen LogP contribution is -2.58. The number of aliphatic hydroxyl groups excluding tert-OH is 1. The van der Waals surface area contributed by atoms with Crippen molar-refractivity contribution in [3.63, 3.8) is 0 Å². The van der Waals surface area contributed by atoms with Gasteiger partial charge < -0.3 is 20.6 Å². The molecule has 2 saturated carbocycles. The topological polar surface area (TPSA) is 145 Å². The molecule has 1 aromatic carbocycles. The number of amides is 3. The van der Waals surface area contributed by atoms with Crippen molar-refractivity contribution >= 4 is 33.4 Å². The van der Waals surface area contributed by atoms with E-state index in [0.29, 0.717) is 25.7 Å². The summed E-state index contributed by atoms with van der Waals surface area (Å²) in [6.45, 7) is 1.37. The molecule has 236 valence electrons. The minimum absolute atomic E-state index is 0.0942. The molecule has 0 radical (unpaired) electrons. The van der Waals surface area contributed by atoms with Crippen molar-refractivity contribution in [2.45, 2.75) is 99.4 Å². The molecule has 14 heteroatoms. The number of anilines is 1. The molecule has 0 bridgehead atoms. The van der Waals surface area contributed by atoms with Crippen LogP contribution in [-0.4, -0.2) is 71.2 Å². The number of rotatable bonds is 5. The molecule has 1 aromatic rings. The summed E-state index contributed by atoms with van der Waals surface area (Å²) in [6.07, 6.45) is 1.97. The van der Waals surface area contributed by atoms with Crippen LogP contribution in [0, 0.1) is 5.92 Å². The van der Waals surface area contributed by atoms with Crippen molar-refractivity contribution in [2.24, 2.45) is 5.92 Å². The Morgan fingerprint density at radius 2 is 1.91 bits per heavy atom. The Labute approximate surface area is 248 Å². The Morgan fingerprint density at radius 1 is 1.16 bits per heavy atom. The number of benzene rings is 1. The third kappa shape index (κ3) is 6.54. The first-order valence-electron chi connectivity index (χ1n) is 14.6. The highest BCUT2D eigenvalue weighted by Gasteiger charge is 2.63. The lowest BCUT2D eigenvalue weighted by molar-refractivity contribution is -0.140. The molecule has 1 saturated heterocycles. The zero-order valence-corrected chi connectivity index (χ0v) is 24.6. The zero-order valence-electron chi connectivity index (χ0n) is 23.8. The number of nitrogens with one attached hydrogen (secondary N) is 3. The van der Waals surface area contributed by atoms with Crippen LogP contribution in [0.3, 0.4) is 0 Å². The minimum Gasteiger partial charge on any atom is -0.391 e. The molecule has 2 aliphatic heterocycles. The van der Waals surface area contributed by atoms with Crippen LogP contribution in [0.15, 0.2) is 36.4 Å². The predicted molar refractivity (Wildman–Crippen MR) is 151 cm³/mol. The van der Waals surface area contributed by atoms with Gasteiger partial charge in [0.2, 0.25) is 21.8 Å². The first-order chi connectivity index (χ1) is 20.2. The molecule has 3 amide bonds. The molecule has 43 heavy (non-hydrogen) atoms. The number of halogens is 3.